The number of nitrogens with zero attached hydrogens (tertiary/aromatic N) is 1. The summed E-state index contributed by atoms with van der Waals surface area (Å²) >= 11 is 5.18. The highest BCUT2D eigenvalue weighted by molar-refractivity contribution is 6.64. The zero-order valence-corrected chi connectivity index (χ0v) is 5.48. The van der Waals surface area contributed by atoms with E-state index in [0.29, 0.717) is 0 Å². The van der Waals surface area contributed by atoms with Crippen molar-refractivity contribution >= 4 is 16.8 Å². The third kappa shape index (κ3) is 1.01. The van der Waals surface area contributed by atoms with Crippen LogP contribution in [-0.4, -0.2) is 30.3 Å². The molecular formula is C5H8ClNO. The van der Waals surface area contributed by atoms with E-state index in [1.54, 1.807) is 0 Å². The van der Waals surface area contributed by atoms with Crippen molar-refractivity contribution in [1.29, 1.82) is 0 Å². The van der Waals surface area contributed by atoms with Gasteiger partial charge in [-0.25, -0.2) is 0 Å². The Labute approximate surface area is 53.4 Å². The maximum atomic E-state index is 10.3. The van der Waals surface area contributed by atoms with Gasteiger partial charge < -0.3 is 4.90 Å². The van der Waals surface area contributed by atoms with Crippen LogP contribution in [0.15, 0.2) is 0 Å². The van der Waals surface area contributed by atoms with Gasteiger partial charge >= 0.3 is 0 Å². The summed E-state index contributed by atoms with van der Waals surface area (Å²) in [4.78, 5) is 12.4. The lowest BCUT2D eigenvalue weighted by atomic mass is 10.0. The molecule has 0 N–H and O–H groups in total. The van der Waals surface area contributed by atoms with Crippen LogP contribution < -0.4 is 0 Å². The fourth-order valence-electron chi connectivity index (χ4n) is 0.843. The van der Waals surface area contributed by atoms with Gasteiger partial charge in [0.2, 0.25) is 5.24 Å². The lowest BCUT2D eigenvalue weighted by Gasteiger charge is -2.33. The Hall–Kier alpha value is -0.0800. The van der Waals surface area contributed by atoms with Crippen LogP contribution in [0, 0.1) is 5.92 Å². The van der Waals surface area contributed by atoms with Crippen molar-refractivity contribution in [2.75, 3.05) is 20.1 Å². The van der Waals surface area contributed by atoms with Crippen molar-refractivity contribution in [3.63, 3.8) is 0 Å². The van der Waals surface area contributed by atoms with E-state index in [1.165, 1.54) is 0 Å². The van der Waals surface area contributed by atoms with Gasteiger partial charge in [0.25, 0.3) is 0 Å². The molecule has 1 heterocycles. The molecule has 0 amide bonds. The van der Waals surface area contributed by atoms with Gasteiger partial charge in [0.05, 0.1) is 5.92 Å². The second-order valence-electron chi connectivity index (χ2n) is 2.22. The molecule has 0 spiro atoms. The Morgan fingerprint density at radius 1 is 1.75 bits per heavy atom. The molecule has 0 aromatic heterocycles. The molecule has 0 bridgehead atoms. The molecule has 46 valence electrons. The van der Waals surface area contributed by atoms with Crippen LogP contribution in [0.4, 0.5) is 0 Å². The van der Waals surface area contributed by atoms with Crippen LogP contribution in [0.25, 0.3) is 0 Å². The Morgan fingerprint density at radius 2 is 2.25 bits per heavy atom. The van der Waals surface area contributed by atoms with E-state index in [0.717, 1.165) is 13.1 Å². The van der Waals surface area contributed by atoms with E-state index in [1.807, 2.05) is 7.05 Å². The largest absolute Gasteiger partial charge is 0.305 e. The molecule has 0 atom stereocenters. The van der Waals surface area contributed by atoms with Gasteiger partial charge in [-0.05, 0) is 18.6 Å². The van der Waals surface area contributed by atoms with Crippen LogP contribution in [0.2, 0.25) is 0 Å². The SMILES string of the molecule is CN1CC(C(=O)Cl)C1. The Kier molecular flexibility index (Phi) is 1.54. The molecule has 0 unspecified atom stereocenters. The van der Waals surface area contributed by atoms with Gasteiger partial charge in [-0.15, -0.1) is 0 Å². The molecule has 1 aliphatic heterocycles. The van der Waals surface area contributed by atoms with Crippen molar-refractivity contribution in [3.05, 3.63) is 0 Å². The molecule has 3 heteroatoms. The van der Waals surface area contributed by atoms with Crippen molar-refractivity contribution in [2.45, 2.75) is 0 Å². The first kappa shape index (κ1) is 6.05. The van der Waals surface area contributed by atoms with E-state index < -0.39 is 0 Å². The van der Waals surface area contributed by atoms with Gasteiger partial charge in [-0.1, -0.05) is 0 Å². The third-order valence-electron chi connectivity index (χ3n) is 1.39. The first-order valence-electron chi connectivity index (χ1n) is 2.58. The molecular weight excluding hydrogens is 126 g/mol. The predicted molar refractivity (Wildman–Crippen MR) is 31.8 cm³/mol. The highest BCUT2D eigenvalue weighted by atomic mass is 35.5. The van der Waals surface area contributed by atoms with Crippen LogP contribution >= 0.6 is 11.6 Å². The van der Waals surface area contributed by atoms with Gasteiger partial charge in [-0.2, -0.15) is 0 Å². The number of hydrogen-bond acceptors (Lipinski definition) is 2. The molecule has 0 radical (unpaired) electrons. The van der Waals surface area contributed by atoms with Crippen LogP contribution in [-0.2, 0) is 4.79 Å². The molecule has 0 aromatic rings. The number of hydrogen-bond donors (Lipinski definition) is 0. The van der Waals surface area contributed by atoms with Gasteiger partial charge in [0.15, 0.2) is 0 Å². The number of rotatable bonds is 1. The summed E-state index contributed by atoms with van der Waals surface area (Å²) in [5, 5.41) is -0.192. The number of likely N-dealkylation sites (tertiary alicyclic amines) is 1. The Morgan fingerprint density at radius 3 is 2.38 bits per heavy atom. The Balaban J connectivity index is 2.25. The van der Waals surface area contributed by atoms with E-state index in [4.69, 9.17) is 11.6 Å². The van der Waals surface area contributed by atoms with Crippen LogP contribution in [0.3, 0.4) is 0 Å². The minimum absolute atomic E-state index is 0.113. The first-order chi connectivity index (χ1) is 3.70. The van der Waals surface area contributed by atoms with E-state index in [-0.39, 0.29) is 11.2 Å². The Bertz CT molecular complexity index is 109. The van der Waals surface area contributed by atoms with Crippen LogP contribution in [0.1, 0.15) is 0 Å². The zero-order valence-electron chi connectivity index (χ0n) is 4.72. The van der Waals surface area contributed by atoms with Gasteiger partial charge in [0.1, 0.15) is 0 Å². The molecule has 1 aliphatic rings. The number of carbonyl (C=O) groups is 1. The molecule has 1 fully saturated rings. The fraction of sp³-hybridized carbons (Fsp3) is 0.800. The highest BCUT2D eigenvalue weighted by Gasteiger charge is 2.28. The number of carbonyl (C=O) groups excluding carboxylic acids is 1. The second kappa shape index (κ2) is 2.03. The fourth-order valence-corrected chi connectivity index (χ4v) is 0.981. The summed E-state index contributed by atoms with van der Waals surface area (Å²) in [5.41, 5.74) is 0. The number of halogens is 1. The van der Waals surface area contributed by atoms with E-state index in [2.05, 4.69) is 4.90 Å². The average molecular weight is 134 g/mol. The van der Waals surface area contributed by atoms with Gasteiger partial charge in [-0.3, -0.25) is 4.79 Å². The summed E-state index contributed by atoms with van der Waals surface area (Å²) in [6.07, 6.45) is 0. The summed E-state index contributed by atoms with van der Waals surface area (Å²) in [5.74, 6) is 0.113. The standard InChI is InChI=1S/C5H8ClNO/c1-7-2-4(3-7)5(6)8/h4H,2-3H2,1H3. The topological polar surface area (TPSA) is 20.3 Å². The molecule has 0 saturated carbocycles. The summed E-state index contributed by atoms with van der Waals surface area (Å²) < 4.78 is 0. The van der Waals surface area contributed by atoms with Gasteiger partial charge in [0, 0.05) is 13.1 Å². The summed E-state index contributed by atoms with van der Waals surface area (Å²) in [7, 11) is 1.97. The monoisotopic (exact) mass is 133 g/mol. The lowest BCUT2D eigenvalue weighted by Crippen LogP contribution is -2.46. The quantitative estimate of drug-likeness (QED) is 0.480. The first-order valence-corrected chi connectivity index (χ1v) is 2.96. The molecule has 8 heavy (non-hydrogen) atoms. The van der Waals surface area contributed by atoms with Crippen molar-refractivity contribution in [1.82, 2.24) is 4.90 Å². The van der Waals surface area contributed by atoms with Crippen LogP contribution in [0.5, 0.6) is 0 Å². The summed E-state index contributed by atoms with van der Waals surface area (Å²) in [6.45, 7) is 1.67. The molecule has 0 aliphatic carbocycles. The zero-order chi connectivity index (χ0) is 6.15. The van der Waals surface area contributed by atoms with Crippen molar-refractivity contribution < 1.29 is 4.79 Å². The second-order valence-corrected chi connectivity index (χ2v) is 2.59. The lowest BCUT2D eigenvalue weighted by molar-refractivity contribution is -0.119. The normalized spacial score (nSPS) is 22.8. The third-order valence-corrected chi connectivity index (χ3v) is 1.69. The van der Waals surface area contributed by atoms with Crippen molar-refractivity contribution in [3.8, 4) is 0 Å². The smallest absolute Gasteiger partial charge is 0.227 e. The van der Waals surface area contributed by atoms with E-state index in [9.17, 15) is 4.79 Å². The maximum absolute atomic E-state index is 10.3. The molecule has 2 nitrogen and oxygen atoms in total. The maximum Gasteiger partial charge on any atom is 0.227 e. The molecule has 1 saturated heterocycles. The minimum atomic E-state index is -0.192. The van der Waals surface area contributed by atoms with Crippen molar-refractivity contribution in [2.24, 2.45) is 5.92 Å². The highest BCUT2D eigenvalue weighted by Crippen LogP contribution is 2.14. The molecule has 1 rings (SSSR count). The minimum Gasteiger partial charge on any atom is -0.305 e. The predicted octanol–water partition coefficient (Wildman–Crippen LogP) is 0.313. The average Bonchev–Trinajstić information content (AvgIpc) is 1.57. The molecule has 0 aromatic carbocycles. The van der Waals surface area contributed by atoms with E-state index >= 15 is 0 Å². The summed E-state index contributed by atoms with van der Waals surface area (Å²) in [6, 6.07) is 0.